The summed E-state index contributed by atoms with van der Waals surface area (Å²) in [5.74, 6) is -0.828. The summed E-state index contributed by atoms with van der Waals surface area (Å²) in [7, 11) is 0. The highest BCUT2D eigenvalue weighted by Crippen LogP contribution is 2.37. The van der Waals surface area contributed by atoms with Crippen molar-refractivity contribution >= 4 is 5.97 Å². The molecule has 1 aromatic rings. The molecule has 16 heavy (non-hydrogen) atoms. The van der Waals surface area contributed by atoms with Crippen molar-refractivity contribution in [3.63, 3.8) is 0 Å². The molecule has 1 fully saturated rings. The third-order valence-corrected chi connectivity index (χ3v) is 2.75. The van der Waals surface area contributed by atoms with E-state index in [0.717, 1.165) is 12.8 Å². The van der Waals surface area contributed by atoms with Gasteiger partial charge in [0.15, 0.2) is 0 Å². The summed E-state index contributed by atoms with van der Waals surface area (Å²) in [6.45, 7) is 0.158. The Morgan fingerprint density at radius 3 is 2.56 bits per heavy atom. The maximum Gasteiger partial charge on any atom is 0.310 e. The summed E-state index contributed by atoms with van der Waals surface area (Å²) in [6.07, 6.45) is 1.92. The largest absolute Gasteiger partial charge is 0.493 e. The highest BCUT2D eigenvalue weighted by Gasteiger charge is 2.36. The first kappa shape index (κ1) is 10.9. The molecule has 1 saturated carbocycles. The van der Waals surface area contributed by atoms with Gasteiger partial charge in [-0.1, -0.05) is 0 Å². The normalized spacial score (nSPS) is 16.8. The second-order valence-electron chi connectivity index (χ2n) is 4.05. The van der Waals surface area contributed by atoms with E-state index in [9.17, 15) is 9.18 Å². The van der Waals surface area contributed by atoms with Crippen molar-refractivity contribution in [2.24, 2.45) is 11.8 Å². The summed E-state index contributed by atoms with van der Waals surface area (Å²) in [5.41, 5.74) is 0. The lowest BCUT2D eigenvalue weighted by Crippen LogP contribution is -2.23. The van der Waals surface area contributed by atoms with Crippen molar-refractivity contribution < 1.29 is 19.0 Å². The molecule has 1 aliphatic rings. The molecule has 2 rings (SSSR count). The first-order valence-corrected chi connectivity index (χ1v) is 5.28. The zero-order valence-corrected chi connectivity index (χ0v) is 8.73. The Morgan fingerprint density at radius 1 is 1.44 bits per heavy atom. The van der Waals surface area contributed by atoms with Gasteiger partial charge in [0.05, 0.1) is 5.92 Å². The van der Waals surface area contributed by atoms with Crippen molar-refractivity contribution in [1.82, 2.24) is 0 Å². The summed E-state index contributed by atoms with van der Waals surface area (Å²) >= 11 is 0. The molecule has 86 valence electrons. The Hall–Kier alpha value is -1.58. The van der Waals surface area contributed by atoms with E-state index in [1.54, 1.807) is 0 Å². The Bertz CT molecular complexity index is 370. The van der Waals surface area contributed by atoms with E-state index in [4.69, 9.17) is 9.84 Å². The van der Waals surface area contributed by atoms with Gasteiger partial charge in [-0.2, -0.15) is 0 Å². The van der Waals surface area contributed by atoms with E-state index in [1.807, 2.05) is 0 Å². The molecule has 1 aliphatic carbocycles. The Morgan fingerprint density at radius 2 is 2.06 bits per heavy atom. The van der Waals surface area contributed by atoms with Gasteiger partial charge in [0.2, 0.25) is 0 Å². The van der Waals surface area contributed by atoms with E-state index < -0.39 is 11.9 Å². The van der Waals surface area contributed by atoms with Gasteiger partial charge >= 0.3 is 5.97 Å². The first-order chi connectivity index (χ1) is 7.66. The Balaban J connectivity index is 1.90. The number of rotatable bonds is 5. The van der Waals surface area contributed by atoms with Crippen molar-refractivity contribution in [2.75, 3.05) is 6.61 Å². The Labute approximate surface area is 92.9 Å². The molecule has 0 spiro atoms. The fraction of sp³-hybridized carbons (Fsp3) is 0.417. The minimum Gasteiger partial charge on any atom is -0.493 e. The second kappa shape index (κ2) is 4.51. The molecule has 0 heterocycles. The van der Waals surface area contributed by atoms with Crippen LogP contribution in [0.5, 0.6) is 5.75 Å². The molecule has 4 heteroatoms. The lowest BCUT2D eigenvalue weighted by atomic mass is 10.1. The van der Waals surface area contributed by atoms with Gasteiger partial charge in [0, 0.05) is 0 Å². The number of aliphatic carboxylic acids is 1. The molecule has 1 atom stereocenters. The number of hydrogen-bond donors (Lipinski definition) is 1. The molecule has 0 radical (unpaired) electrons. The van der Waals surface area contributed by atoms with Crippen LogP contribution in [-0.4, -0.2) is 17.7 Å². The minimum absolute atomic E-state index is 0.158. The third-order valence-electron chi connectivity index (χ3n) is 2.75. The van der Waals surface area contributed by atoms with Crippen LogP contribution in [0.4, 0.5) is 4.39 Å². The van der Waals surface area contributed by atoms with Crippen molar-refractivity contribution in [2.45, 2.75) is 12.8 Å². The van der Waals surface area contributed by atoms with Crippen LogP contribution in [0.2, 0.25) is 0 Å². The van der Waals surface area contributed by atoms with E-state index >= 15 is 0 Å². The third kappa shape index (κ3) is 2.72. The van der Waals surface area contributed by atoms with E-state index in [-0.39, 0.29) is 18.3 Å². The molecule has 0 aliphatic heterocycles. The van der Waals surface area contributed by atoms with Crippen molar-refractivity contribution in [3.8, 4) is 5.75 Å². The summed E-state index contributed by atoms with van der Waals surface area (Å²) in [4.78, 5) is 10.9. The van der Waals surface area contributed by atoms with Gasteiger partial charge in [0.25, 0.3) is 0 Å². The average molecular weight is 224 g/mol. The van der Waals surface area contributed by atoms with Crippen LogP contribution < -0.4 is 4.74 Å². The highest BCUT2D eigenvalue weighted by molar-refractivity contribution is 5.71. The standard InChI is InChI=1S/C12H13FO3/c13-9-3-5-10(6-4-9)16-7-11(12(14)15)8-1-2-8/h3-6,8,11H,1-2,7H2,(H,14,15). The molecule has 0 bridgehead atoms. The zero-order valence-electron chi connectivity index (χ0n) is 8.73. The number of carbonyl (C=O) groups is 1. The van der Waals surface area contributed by atoms with Crippen molar-refractivity contribution in [1.29, 1.82) is 0 Å². The Kier molecular flexibility index (Phi) is 3.08. The molecule has 3 nitrogen and oxygen atoms in total. The van der Waals surface area contributed by atoms with Crippen LogP contribution in [0.25, 0.3) is 0 Å². The predicted octanol–water partition coefficient (Wildman–Crippen LogP) is 2.32. The fourth-order valence-corrected chi connectivity index (χ4v) is 1.62. The zero-order chi connectivity index (χ0) is 11.5. The van der Waals surface area contributed by atoms with Crippen LogP contribution in [0.1, 0.15) is 12.8 Å². The number of halogens is 1. The van der Waals surface area contributed by atoms with Gasteiger partial charge in [-0.05, 0) is 43.0 Å². The molecule has 0 aromatic heterocycles. The van der Waals surface area contributed by atoms with Gasteiger partial charge in [0.1, 0.15) is 18.2 Å². The lowest BCUT2D eigenvalue weighted by molar-refractivity contribution is -0.143. The average Bonchev–Trinajstić information content (AvgIpc) is 3.05. The minimum atomic E-state index is -0.815. The van der Waals surface area contributed by atoms with E-state index in [0.29, 0.717) is 5.75 Å². The molecule has 1 unspecified atom stereocenters. The molecule has 0 amide bonds. The lowest BCUT2D eigenvalue weighted by Gasteiger charge is -2.12. The summed E-state index contributed by atoms with van der Waals surface area (Å²) < 4.78 is 17.9. The number of hydrogen-bond acceptors (Lipinski definition) is 2. The number of ether oxygens (including phenoxy) is 1. The maximum atomic E-state index is 12.6. The molecule has 0 saturated heterocycles. The van der Waals surface area contributed by atoms with Crippen LogP contribution >= 0.6 is 0 Å². The van der Waals surface area contributed by atoms with Gasteiger partial charge in [-0.15, -0.1) is 0 Å². The van der Waals surface area contributed by atoms with Gasteiger partial charge in [-0.3, -0.25) is 4.79 Å². The number of carboxylic acids is 1. The number of carboxylic acid groups (broad SMARTS) is 1. The molecule has 1 aromatic carbocycles. The van der Waals surface area contributed by atoms with E-state index in [1.165, 1.54) is 24.3 Å². The first-order valence-electron chi connectivity index (χ1n) is 5.28. The van der Waals surface area contributed by atoms with Crippen LogP contribution in [-0.2, 0) is 4.79 Å². The maximum absolute atomic E-state index is 12.6. The van der Waals surface area contributed by atoms with Crippen LogP contribution in [0.3, 0.4) is 0 Å². The molecular formula is C12H13FO3. The smallest absolute Gasteiger partial charge is 0.310 e. The summed E-state index contributed by atoms with van der Waals surface area (Å²) in [5, 5.41) is 8.97. The quantitative estimate of drug-likeness (QED) is 0.834. The van der Waals surface area contributed by atoms with Crippen LogP contribution in [0, 0.1) is 17.7 Å². The van der Waals surface area contributed by atoms with E-state index in [2.05, 4.69) is 0 Å². The molecule has 1 N–H and O–H groups in total. The topological polar surface area (TPSA) is 46.5 Å². The molecular weight excluding hydrogens is 211 g/mol. The predicted molar refractivity (Wildman–Crippen MR) is 55.7 cm³/mol. The number of benzene rings is 1. The van der Waals surface area contributed by atoms with Crippen molar-refractivity contribution in [3.05, 3.63) is 30.1 Å². The monoisotopic (exact) mass is 224 g/mol. The van der Waals surface area contributed by atoms with Gasteiger partial charge in [-0.25, -0.2) is 4.39 Å². The highest BCUT2D eigenvalue weighted by atomic mass is 19.1. The SMILES string of the molecule is O=C(O)C(COc1ccc(F)cc1)C1CC1. The second-order valence-corrected chi connectivity index (χ2v) is 4.05. The van der Waals surface area contributed by atoms with Crippen LogP contribution in [0.15, 0.2) is 24.3 Å². The van der Waals surface area contributed by atoms with Gasteiger partial charge < -0.3 is 9.84 Å². The summed E-state index contributed by atoms with van der Waals surface area (Å²) in [6, 6.07) is 5.59. The fourth-order valence-electron chi connectivity index (χ4n) is 1.62.